The zero-order valence-corrected chi connectivity index (χ0v) is 22.0. The lowest BCUT2D eigenvalue weighted by Crippen LogP contribution is -2.14. The summed E-state index contributed by atoms with van der Waals surface area (Å²) in [7, 11) is 0. The van der Waals surface area contributed by atoms with Gasteiger partial charge >= 0.3 is 0 Å². The fourth-order valence-corrected chi connectivity index (χ4v) is 6.02. The van der Waals surface area contributed by atoms with E-state index in [1.54, 1.807) is 0 Å². The molecule has 0 radical (unpaired) electrons. The highest BCUT2D eigenvalue weighted by Gasteiger charge is 2.25. The molecule has 2 saturated heterocycles. The van der Waals surface area contributed by atoms with Gasteiger partial charge in [-0.3, -0.25) is 0 Å². The SMILES string of the molecule is C[C@H]1CN[C@H](c2ncc(-c3cccc(-c4ccc5cc(-c6cnc([C@@H]7C[C@@H](C)CN7)[nH]6)ccc5c4)c3)[nH]2)C1. The molecule has 6 heteroatoms. The minimum Gasteiger partial charge on any atom is -0.341 e. The second kappa shape index (κ2) is 9.53. The van der Waals surface area contributed by atoms with Gasteiger partial charge in [0, 0.05) is 11.1 Å². The lowest BCUT2D eigenvalue weighted by Gasteiger charge is -2.09. The Kier molecular flexibility index (Phi) is 5.87. The van der Waals surface area contributed by atoms with Crippen LogP contribution in [0.15, 0.2) is 73.1 Å². The summed E-state index contributed by atoms with van der Waals surface area (Å²) >= 11 is 0. The summed E-state index contributed by atoms with van der Waals surface area (Å²) in [5.41, 5.74) is 6.87. The van der Waals surface area contributed by atoms with E-state index in [1.807, 2.05) is 12.4 Å². The van der Waals surface area contributed by atoms with Gasteiger partial charge in [0.25, 0.3) is 0 Å². The van der Waals surface area contributed by atoms with Crippen LogP contribution in [0.3, 0.4) is 0 Å². The quantitative estimate of drug-likeness (QED) is 0.217. The van der Waals surface area contributed by atoms with E-state index < -0.39 is 0 Å². The molecule has 2 aliphatic heterocycles. The van der Waals surface area contributed by atoms with Crippen molar-refractivity contribution < 1.29 is 0 Å². The molecule has 0 saturated carbocycles. The Bertz CT molecular complexity index is 1600. The maximum Gasteiger partial charge on any atom is 0.123 e. The average molecular weight is 503 g/mol. The molecule has 0 amide bonds. The van der Waals surface area contributed by atoms with Gasteiger partial charge in [0.1, 0.15) is 11.6 Å². The summed E-state index contributed by atoms with van der Waals surface area (Å²) < 4.78 is 0. The third-order valence-electron chi connectivity index (χ3n) is 8.21. The van der Waals surface area contributed by atoms with Gasteiger partial charge in [-0.1, -0.05) is 56.3 Å². The Morgan fingerprint density at radius 1 is 0.605 bits per heavy atom. The fraction of sp³-hybridized carbons (Fsp3) is 0.312. The van der Waals surface area contributed by atoms with Gasteiger partial charge in [0.15, 0.2) is 0 Å². The molecule has 4 heterocycles. The Morgan fingerprint density at radius 2 is 1.11 bits per heavy atom. The zero-order valence-electron chi connectivity index (χ0n) is 22.0. The highest BCUT2D eigenvalue weighted by atomic mass is 15.0. The van der Waals surface area contributed by atoms with Crippen molar-refractivity contribution in [2.24, 2.45) is 11.8 Å². The van der Waals surface area contributed by atoms with E-state index in [0.29, 0.717) is 23.9 Å². The molecule has 0 aliphatic carbocycles. The summed E-state index contributed by atoms with van der Waals surface area (Å²) in [6, 6.07) is 22.7. The van der Waals surface area contributed by atoms with Crippen LogP contribution in [-0.2, 0) is 0 Å². The highest BCUT2D eigenvalue weighted by Crippen LogP contribution is 2.32. The van der Waals surface area contributed by atoms with E-state index in [-0.39, 0.29) is 0 Å². The summed E-state index contributed by atoms with van der Waals surface area (Å²) in [6.07, 6.45) is 6.19. The van der Waals surface area contributed by atoms with Crippen LogP contribution in [0.1, 0.15) is 50.4 Å². The third kappa shape index (κ3) is 4.44. The van der Waals surface area contributed by atoms with Crippen LogP contribution in [0.5, 0.6) is 0 Å². The number of benzene rings is 3. The van der Waals surface area contributed by atoms with Crippen molar-refractivity contribution in [1.82, 2.24) is 30.6 Å². The van der Waals surface area contributed by atoms with Crippen LogP contribution >= 0.6 is 0 Å². The highest BCUT2D eigenvalue weighted by molar-refractivity contribution is 5.90. The number of H-pyrrole nitrogens is 2. The molecule has 0 spiro atoms. The molecule has 6 nitrogen and oxygen atoms in total. The molecular formula is C32H34N6. The summed E-state index contributed by atoms with van der Waals surface area (Å²) in [6.45, 7) is 6.68. The van der Waals surface area contributed by atoms with Crippen molar-refractivity contribution in [3.63, 3.8) is 0 Å². The molecule has 38 heavy (non-hydrogen) atoms. The number of aromatic nitrogens is 4. The lowest BCUT2D eigenvalue weighted by atomic mass is 9.98. The van der Waals surface area contributed by atoms with Crippen molar-refractivity contribution >= 4 is 10.8 Å². The first-order valence-corrected chi connectivity index (χ1v) is 13.8. The second-order valence-electron chi connectivity index (χ2n) is 11.3. The molecule has 2 aromatic heterocycles. The predicted octanol–water partition coefficient (Wildman–Crippen LogP) is 6.63. The monoisotopic (exact) mass is 502 g/mol. The largest absolute Gasteiger partial charge is 0.341 e. The van der Waals surface area contributed by atoms with Gasteiger partial charge in [-0.15, -0.1) is 0 Å². The van der Waals surface area contributed by atoms with Crippen LogP contribution in [0.2, 0.25) is 0 Å². The standard InChI is InChI=1S/C32H34N6/c1-19-10-27(33-15-19)31-35-17-29(37-31)25-5-3-4-21(13-25)22-6-7-24-14-26(9-8-23(24)12-22)30-18-36-32(38-30)28-11-20(2)16-34-28/h3-9,12-14,17-20,27-28,33-34H,10-11,15-16H2,1-2H3,(H,35,37)(H,36,38)/t19-,20-,27+,28+/m1/s1. The molecule has 192 valence electrons. The van der Waals surface area contributed by atoms with Gasteiger partial charge in [-0.05, 0) is 77.9 Å². The molecule has 2 aliphatic rings. The van der Waals surface area contributed by atoms with Crippen LogP contribution in [0.25, 0.3) is 44.4 Å². The fourth-order valence-electron chi connectivity index (χ4n) is 6.02. The molecule has 2 fully saturated rings. The molecule has 4 atom stereocenters. The first-order chi connectivity index (χ1) is 18.6. The zero-order chi connectivity index (χ0) is 25.6. The van der Waals surface area contributed by atoms with Gasteiger partial charge < -0.3 is 20.6 Å². The van der Waals surface area contributed by atoms with E-state index >= 15 is 0 Å². The van der Waals surface area contributed by atoms with E-state index in [0.717, 1.165) is 54.5 Å². The molecular weight excluding hydrogens is 468 g/mol. The molecule has 0 unspecified atom stereocenters. The maximum atomic E-state index is 4.68. The molecule has 7 rings (SSSR count). The average Bonchev–Trinajstić information content (AvgIpc) is 3.75. The van der Waals surface area contributed by atoms with E-state index in [1.165, 1.54) is 27.5 Å². The van der Waals surface area contributed by atoms with Crippen molar-refractivity contribution in [1.29, 1.82) is 0 Å². The number of aromatic amines is 2. The van der Waals surface area contributed by atoms with Gasteiger partial charge in [-0.25, -0.2) is 9.97 Å². The molecule has 3 aromatic carbocycles. The molecule has 4 N–H and O–H groups in total. The predicted molar refractivity (Wildman–Crippen MR) is 154 cm³/mol. The minimum atomic E-state index is 0.323. The van der Waals surface area contributed by atoms with Crippen molar-refractivity contribution in [3.8, 4) is 33.6 Å². The van der Waals surface area contributed by atoms with Crippen molar-refractivity contribution in [2.75, 3.05) is 13.1 Å². The lowest BCUT2D eigenvalue weighted by molar-refractivity contribution is 0.588. The van der Waals surface area contributed by atoms with E-state index in [4.69, 9.17) is 0 Å². The van der Waals surface area contributed by atoms with E-state index in [2.05, 4.69) is 105 Å². The number of hydrogen-bond donors (Lipinski definition) is 4. The van der Waals surface area contributed by atoms with Gasteiger partial charge in [0.2, 0.25) is 0 Å². The minimum absolute atomic E-state index is 0.323. The number of rotatable bonds is 5. The third-order valence-corrected chi connectivity index (χ3v) is 8.21. The molecule has 0 bridgehead atoms. The van der Waals surface area contributed by atoms with Crippen LogP contribution in [0.4, 0.5) is 0 Å². The number of nitrogens with zero attached hydrogens (tertiary/aromatic N) is 2. The number of hydrogen-bond acceptors (Lipinski definition) is 4. The summed E-state index contributed by atoms with van der Waals surface area (Å²) in [5.74, 6) is 3.46. The van der Waals surface area contributed by atoms with Crippen LogP contribution in [0, 0.1) is 11.8 Å². The Balaban J connectivity index is 1.13. The maximum absolute atomic E-state index is 4.68. The Hall–Kier alpha value is -3.74. The first-order valence-electron chi connectivity index (χ1n) is 13.8. The Morgan fingerprint density at radius 3 is 1.68 bits per heavy atom. The number of nitrogens with one attached hydrogen (secondary N) is 4. The van der Waals surface area contributed by atoms with E-state index in [9.17, 15) is 0 Å². The molecule has 5 aromatic rings. The normalized spacial score (nSPS) is 23.4. The van der Waals surface area contributed by atoms with Crippen molar-refractivity contribution in [2.45, 2.75) is 38.8 Å². The van der Waals surface area contributed by atoms with Gasteiger partial charge in [0.05, 0.1) is 35.9 Å². The smallest absolute Gasteiger partial charge is 0.123 e. The van der Waals surface area contributed by atoms with Crippen LogP contribution < -0.4 is 10.6 Å². The number of fused-ring (bicyclic) bond motifs is 1. The Labute approximate surface area is 223 Å². The van der Waals surface area contributed by atoms with Crippen LogP contribution in [-0.4, -0.2) is 33.0 Å². The van der Waals surface area contributed by atoms with Crippen molar-refractivity contribution in [3.05, 3.63) is 84.7 Å². The summed E-state index contributed by atoms with van der Waals surface area (Å²) in [4.78, 5) is 16.5. The topological polar surface area (TPSA) is 81.4 Å². The second-order valence-corrected chi connectivity index (χ2v) is 11.3. The van der Waals surface area contributed by atoms with Gasteiger partial charge in [-0.2, -0.15) is 0 Å². The first kappa shape index (κ1) is 23.4. The summed E-state index contributed by atoms with van der Waals surface area (Å²) in [5, 5.41) is 9.59. The number of imidazole rings is 2.